The second kappa shape index (κ2) is 6.88. The van der Waals surface area contributed by atoms with Gasteiger partial charge in [0, 0.05) is 18.5 Å². The predicted molar refractivity (Wildman–Crippen MR) is 86.6 cm³/mol. The highest BCUT2D eigenvalue weighted by atomic mass is 32.2. The van der Waals surface area contributed by atoms with Crippen molar-refractivity contribution in [3.8, 4) is 5.75 Å². The van der Waals surface area contributed by atoms with Crippen LogP contribution in [-0.2, 0) is 14.8 Å². The summed E-state index contributed by atoms with van der Waals surface area (Å²) in [7, 11) is -3.31. The zero-order valence-corrected chi connectivity index (χ0v) is 13.8. The molecule has 1 amide bonds. The second-order valence-electron chi connectivity index (χ2n) is 6.01. The molecule has 1 saturated heterocycles. The molecule has 0 saturated carbocycles. The SMILES string of the molecule is O=C(CN1CCCCCS1(=O)=O)NC1CCOc2ccccc21. The van der Waals surface area contributed by atoms with E-state index in [0.29, 0.717) is 26.0 Å². The summed E-state index contributed by atoms with van der Waals surface area (Å²) in [5.41, 5.74) is 0.950. The van der Waals surface area contributed by atoms with Gasteiger partial charge in [0.2, 0.25) is 15.9 Å². The number of nitrogens with one attached hydrogen (secondary N) is 1. The molecular formula is C16H22N2O4S. The maximum atomic E-state index is 12.3. The molecule has 1 unspecified atom stereocenters. The van der Waals surface area contributed by atoms with Crippen LogP contribution in [0.15, 0.2) is 24.3 Å². The molecule has 3 rings (SSSR count). The van der Waals surface area contributed by atoms with Crippen LogP contribution in [0.5, 0.6) is 5.75 Å². The Labute approximate surface area is 136 Å². The van der Waals surface area contributed by atoms with Crippen LogP contribution in [0, 0.1) is 0 Å². The number of carbonyl (C=O) groups excluding carboxylic acids is 1. The highest BCUT2D eigenvalue weighted by Crippen LogP contribution is 2.31. The summed E-state index contributed by atoms with van der Waals surface area (Å²) in [5, 5.41) is 2.96. The lowest BCUT2D eigenvalue weighted by molar-refractivity contribution is -0.122. The quantitative estimate of drug-likeness (QED) is 0.905. The van der Waals surface area contributed by atoms with E-state index in [0.717, 1.165) is 24.2 Å². The molecule has 1 fully saturated rings. The van der Waals surface area contributed by atoms with Gasteiger partial charge < -0.3 is 10.1 Å². The fourth-order valence-electron chi connectivity index (χ4n) is 3.09. The largest absolute Gasteiger partial charge is 0.493 e. The average molecular weight is 338 g/mol. The van der Waals surface area contributed by atoms with E-state index in [1.807, 2.05) is 24.3 Å². The third-order valence-electron chi connectivity index (χ3n) is 4.32. The van der Waals surface area contributed by atoms with Crippen molar-refractivity contribution in [2.45, 2.75) is 31.7 Å². The average Bonchev–Trinajstić information content (AvgIpc) is 2.69. The first-order chi connectivity index (χ1) is 11.1. The van der Waals surface area contributed by atoms with Crippen LogP contribution < -0.4 is 10.1 Å². The van der Waals surface area contributed by atoms with E-state index in [4.69, 9.17) is 4.74 Å². The first-order valence-corrected chi connectivity index (χ1v) is 9.66. The molecule has 0 aromatic heterocycles. The maximum absolute atomic E-state index is 12.3. The minimum absolute atomic E-state index is 0.0954. The van der Waals surface area contributed by atoms with Crippen molar-refractivity contribution in [1.29, 1.82) is 0 Å². The van der Waals surface area contributed by atoms with Gasteiger partial charge in [0.1, 0.15) is 5.75 Å². The number of rotatable bonds is 3. The molecule has 0 aliphatic carbocycles. The number of benzene rings is 1. The Hall–Kier alpha value is -1.60. The summed E-state index contributed by atoms with van der Waals surface area (Å²) >= 11 is 0. The van der Waals surface area contributed by atoms with Gasteiger partial charge in [0.25, 0.3) is 0 Å². The summed E-state index contributed by atoms with van der Waals surface area (Å²) in [4.78, 5) is 12.3. The Morgan fingerprint density at radius 3 is 2.96 bits per heavy atom. The maximum Gasteiger partial charge on any atom is 0.235 e. The first-order valence-electron chi connectivity index (χ1n) is 8.05. The zero-order chi connectivity index (χ0) is 16.3. The van der Waals surface area contributed by atoms with Gasteiger partial charge in [-0.15, -0.1) is 0 Å². The number of ether oxygens (including phenoxy) is 1. The smallest absolute Gasteiger partial charge is 0.235 e. The normalized spacial score (nSPS) is 24.1. The van der Waals surface area contributed by atoms with Crippen LogP contribution in [0.1, 0.15) is 37.3 Å². The van der Waals surface area contributed by atoms with Crippen LogP contribution in [-0.4, -0.2) is 44.1 Å². The van der Waals surface area contributed by atoms with Crippen molar-refractivity contribution >= 4 is 15.9 Å². The molecule has 1 aromatic rings. The molecule has 1 atom stereocenters. The molecule has 2 aliphatic heterocycles. The van der Waals surface area contributed by atoms with Crippen LogP contribution in [0.25, 0.3) is 0 Å². The van der Waals surface area contributed by atoms with Crippen molar-refractivity contribution in [3.05, 3.63) is 29.8 Å². The van der Waals surface area contributed by atoms with Crippen molar-refractivity contribution in [2.24, 2.45) is 0 Å². The molecule has 126 valence electrons. The van der Waals surface area contributed by atoms with Crippen LogP contribution in [0.3, 0.4) is 0 Å². The predicted octanol–water partition coefficient (Wildman–Crippen LogP) is 1.44. The van der Waals surface area contributed by atoms with Crippen molar-refractivity contribution in [2.75, 3.05) is 25.4 Å². The highest BCUT2D eigenvalue weighted by molar-refractivity contribution is 7.89. The molecular weight excluding hydrogens is 316 g/mol. The minimum Gasteiger partial charge on any atom is -0.493 e. The third kappa shape index (κ3) is 3.84. The fourth-order valence-corrected chi connectivity index (χ4v) is 4.64. The number of hydrogen-bond donors (Lipinski definition) is 1. The van der Waals surface area contributed by atoms with Crippen LogP contribution in [0.4, 0.5) is 0 Å². The summed E-state index contributed by atoms with van der Waals surface area (Å²) in [6.07, 6.45) is 3.07. The summed E-state index contributed by atoms with van der Waals surface area (Å²) < 4.78 is 31.2. The highest BCUT2D eigenvalue weighted by Gasteiger charge is 2.28. The molecule has 23 heavy (non-hydrogen) atoms. The van der Waals surface area contributed by atoms with Gasteiger partial charge >= 0.3 is 0 Å². The summed E-state index contributed by atoms with van der Waals surface area (Å²) in [6, 6.07) is 7.50. The van der Waals surface area contributed by atoms with Crippen LogP contribution in [0.2, 0.25) is 0 Å². The minimum atomic E-state index is -3.31. The van der Waals surface area contributed by atoms with E-state index in [1.165, 1.54) is 4.31 Å². The number of nitrogens with zero attached hydrogens (tertiary/aromatic N) is 1. The van der Waals surface area contributed by atoms with E-state index in [9.17, 15) is 13.2 Å². The fraction of sp³-hybridized carbons (Fsp3) is 0.562. The standard InChI is InChI=1S/C16H22N2O4S/c19-16(12-18-9-4-1-5-11-23(18,20)21)17-14-8-10-22-15-7-3-2-6-13(14)15/h2-3,6-7,14H,1,4-5,8-12H2,(H,17,19). The lowest BCUT2D eigenvalue weighted by Gasteiger charge is -2.27. The van der Waals surface area contributed by atoms with E-state index in [1.54, 1.807) is 0 Å². The number of amides is 1. The second-order valence-corrected chi connectivity index (χ2v) is 8.09. The van der Waals surface area contributed by atoms with Gasteiger partial charge in [0.05, 0.1) is 24.9 Å². The van der Waals surface area contributed by atoms with Gasteiger partial charge in [-0.25, -0.2) is 8.42 Å². The molecule has 2 heterocycles. The topological polar surface area (TPSA) is 75.7 Å². The Kier molecular flexibility index (Phi) is 4.87. The molecule has 0 radical (unpaired) electrons. The van der Waals surface area contributed by atoms with Gasteiger partial charge in [-0.1, -0.05) is 24.6 Å². The van der Waals surface area contributed by atoms with E-state index in [-0.39, 0.29) is 24.2 Å². The lowest BCUT2D eigenvalue weighted by Crippen LogP contribution is -2.43. The zero-order valence-electron chi connectivity index (χ0n) is 13.0. The molecule has 0 spiro atoms. The molecule has 6 nitrogen and oxygen atoms in total. The lowest BCUT2D eigenvalue weighted by atomic mass is 10.0. The van der Waals surface area contributed by atoms with Crippen molar-refractivity contribution in [1.82, 2.24) is 9.62 Å². The Balaban J connectivity index is 1.66. The number of carbonyl (C=O) groups is 1. The van der Waals surface area contributed by atoms with Gasteiger partial charge in [-0.2, -0.15) is 4.31 Å². The van der Waals surface area contributed by atoms with Crippen molar-refractivity contribution < 1.29 is 17.9 Å². The number of hydrogen-bond acceptors (Lipinski definition) is 4. The van der Waals surface area contributed by atoms with Crippen molar-refractivity contribution in [3.63, 3.8) is 0 Å². The van der Waals surface area contributed by atoms with Gasteiger partial charge in [-0.3, -0.25) is 4.79 Å². The van der Waals surface area contributed by atoms with Crippen LogP contribution >= 0.6 is 0 Å². The monoisotopic (exact) mass is 338 g/mol. The van der Waals surface area contributed by atoms with E-state index >= 15 is 0 Å². The molecule has 1 aromatic carbocycles. The molecule has 2 aliphatic rings. The summed E-state index contributed by atoms with van der Waals surface area (Å²) in [6.45, 7) is 0.881. The third-order valence-corrected chi connectivity index (χ3v) is 6.22. The van der Waals surface area contributed by atoms with Gasteiger partial charge in [-0.05, 0) is 18.9 Å². The van der Waals surface area contributed by atoms with E-state index < -0.39 is 10.0 Å². The Morgan fingerprint density at radius 1 is 1.26 bits per heavy atom. The molecule has 1 N–H and O–H groups in total. The molecule has 0 bridgehead atoms. The molecule has 7 heteroatoms. The Morgan fingerprint density at radius 2 is 2.09 bits per heavy atom. The first kappa shape index (κ1) is 16.3. The number of fused-ring (bicyclic) bond motifs is 1. The summed E-state index contributed by atoms with van der Waals surface area (Å²) in [5.74, 6) is 0.670. The Bertz CT molecular complexity index is 674. The van der Waals surface area contributed by atoms with E-state index in [2.05, 4.69) is 5.32 Å². The van der Waals surface area contributed by atoms with Gasteiger partial charge in [0.15, 0.2) is 0 Å². The number of para-hydroxylation sites is 1. The number of sulfonamides is 1.